The molecule has 0 unspecified atom stereocenters. The summed E-state index contributed by atoms with van der Waals surface area (Å²) in [5.74, 6) is 0.621. The zero-order chi connectivity index (χ0) is 20.4. The summed E-state index contributed by atoms with van der Waals surface area (Å²) in [6.45, 7) is 2.06. The molecule has 0 spiro atoms. The Hall–Kier alpha value is -3.40. The van der Waals surface area contributed by atoms with Gasteiger partial charge < -0.3 is 15.2 Å². The number of rotatable bonds is 5. The fourth-order valence-corrected chi connectivity index (χ4v) is 3.58. The molecule has 2 aromatic carbocycles. The van der Waals surface area contributed by atoms with Crippen LogP contribution in [0.3, 0.4) is 0 Å². The van der Waals surface area contributed by atoms with E-state index in [1.165, 1.54) is 23.9 Å². The minimum absolute atomic E-state index is 0.225. The van der Waals surface area contributed by atoms with Crippen molar-refractivity contribution in [2.24, 2.45) is 0 Å². The molecule has 2 N–H and O–H groups in total. The van der Waals surface area contributed by atoms with Gasteiger partial charge in [-0.25, -0.2) is 0 Å². The Morgan fingerprint density at radius 3 is 2.86 bits per heavy atom. The van der Waals surface area contributed by atoms with Gasteiger partial charge in [0.15, 0.2) is 5.69 Å². The number of nitro groups is 1. The molecule has 2 heterocycles. The van der Waals surface area contributed by atoms with Crippen LogP contribution in [0.1, 0.15) is 25.1 Å². The second-order valence-electron chi connectivity index (χ2n) is 6.26. The molecule has 0 amide bonds. The fourth-order valence-electron chi connectivity index (χ4n) is 2.95. The summed E-state index contributed by atoms with van der Waals surface area (Å²) in [5, 5.41) is 33.8. The van der Waals surface area contributed by atoms with Crippen molar-refractivity contribution in [3.63, 3.8) is 0 Å². The van der Waals surface area contributed by atoms with Gasteiger partial charge in [-0.2, -0.15) is 4.98 Å². The third-order valence-corrected chi connectivity index (χ3v) is 5.34. The lowest BCUT2D eigenvalue weighted by atomic mass is 10.1. The van der Waals surface area contributed by atoms with Gasteiger partial charge in [0.2, 0.25) is 23.0 Å². The number of phenols is 1. The summed E-state index contributed by atoms with van der Waals surface area (Å²) in [7, 11) is 0. The fraction of sp³-hybridized carbons (Fsp3) is 0.211. The van der Waals surface area contributed by atoms with Crippen LogP contribution < -0.4 is 10.1 Å². The van der Waals surface area contributed by atoms with Crippen molar-refractivity contribution >= 4 is 23.1 Å². The molecule has 0 fully saturated rings. The van der Waals surface area contributed by atoms with Crippen LogP contribution in [0.15, 0.2) is 47.6 Å². The van der Waals surface area contributed by atoms with E-state index in [1.54, 1.807) is 6.07 Å². The molecule has 10 heteroatoms. The maximum absolute atomic E-state index is 11.2. The van der Waals surface area contributed by atoms with Gasteiger partial charge in [-0.1, -0.05) is 43.0 Å². The number of ether oxygens (including phenoxy) is 1. The van der Waals surface area contributed by atoms with Crippen LogP contribution in [0.5, 0.6) is 11.6 Å². The van der Waals surface area contributed by atoms with E-state index in [2.05, 4.69) is 27.4 Å². The quantitative estimate of drug-likeness (QED) is 0.362. The summed E-state index contributed by atoms with van der Waals surface area (Å²) >= 11 is 1.46. The molecular weight excluding hydrogens is 394 g/mol. The van der Waals surface area contributed by atoms with Crippen molar-refractivity contribution in [1.29, 1.82) is 0 Å². The van der Waals surface area contributed by atoms with E-state index in [9.17, 15) is 15.2 Å². The number of phenolic OH excluding ortho intramolecular Hbond substituents is 1. The number of hydrogen-bond donors (Lipinski definition) is 2. The minimum Gasteiger partial charge on any atom is -0.502 e. The van der Waals surface area contributed by atoms with E-state index < -0.39 is 22.6 Å². The molecule has 1 aliphatic rings. The monoisotopic (exact) mass is 411 g/mol. The first-order valence-corrected chi connectivity index (χ1v) is 9.93. The highest BCUT2D eigenvalue weighted by atomic mass is 32.2. The van der Waals surface area contributed by atoms with Gasteiger partial charge in [-0.15, -0.1) is 10.2 Å². The average Bonchev–Trinajstić information content (AvgIpc) is 2.88. The first kappa shape index (κ1) is 18.9. The van der Waals surface area contributed by atoms with Crippen LogP contribution in [0.25, 0.3) is 11.3 Å². The van der Waals surface area contributed by atoms with Crippen LogP contribution >= 0.6 is 11.8 Å². The number of fused-ring (bicyclic) bond motifs is 3. The number of nitrogens with one attached hydrogen (secondary N) is 1. The standard InChI is InChI=1S/C19H17N5O4S/c1-2-10-29-19-21-18-15(22-23-19)11-6-3-4-8-13(11)20-17(28-18)12-7-5-9-14(16(12)25)24(26)27/h3-9,17,20,25H,2,10H2,1H3/t17-/m1/s1. The summed E-state index contributed by atoms with van der Waals surface area (Å²) in [4.78, 5) is 15.1. The Morgan fingerprint density at radius 2 is 2.07 bits per heavy atom. The molecule has 0 saturated heterocycles. The first-order valence-electron chi connectivity index (χ1n) is 8.95. The minimum atomic E-state index is -0.905. The lowest BCUT2D eigenvalue weighted by Crippen LogP contribution is -2.17. The number of aromatic nitrogens is 3. The maximum atomic E-state index is 11.2. The number of hydrogen-bond acceptors (Lipinski definition) is 9. The zero-order valence-electron chi connectivity index (χ0n) is 15.4. The van der Waals surface area contributed by atoms with E-state index >= 15 is 0 Å². The molecule has 29 heavy (non-hydrogen) atoms. The molecule has 0 radical (unpaired) electrons. The van der Waals surface area contributed by atoms with Gasteiger partial charge in [0, 0.05) is 23.1 Å². The molecule has 0 saturated carbocycles. The predicted molar refractivity (Wildman–Crippen MR) is 108 cm³/mol. The number of para-hydroxylation sites is 2. The lowest BCUT2D eigenvalue weighted by Gasteiger charge is -2.20. The van der Waals surface area contributed by atoms with E-state index in [0.717, 1.165) is 17.7 Å². The van der Waals surface area contributed by atoms with Crippen LogP contribution in [0.4, 0.5) is 11.4 Å². The third-order valence-electron chi connectivity index (χ3n) is 4.29. The number of nitro benzene ring substituents is 1. The maximum Gasteiger partial charge on any atom is 0.311 e. The SMILES string of the molecule is CCCSc1nnc2c(n1)O[C@H](c1cccc([N+](=O)[O-])c1O)Nc1ccccc1-2. The van der Waals surface area contributed by atoms with Gasteiger partial charge >= 0.3 is 5.69 Å². The van der Waals surface area contributed by atoms with E-state index in [4.69, 9.17) is 4.74 Å². The van der Waals surface area contributed by atoms with Gasteiger partial charge in [0.05, 0.1) is 10.5 Å². The number of nitrogens with zero attached hydrogens (tertiary/aromatic N) is 4. The molecule has 0 aliphatic carbocycles. The van der Waals surface area contributed by atoms with Gasteiger partial charge in [0.25, 0.3) is 0 Å². The average molecular weight is 411 g/mol. The number of thioether (sulfide) groups is 1. The molecule has 4 rings (SSSR count). The molecule has 9 nitrogen and oxygen atoms in total. The highest BCUT2D eigenvalue weighted by molar-refractivity contribution is 7.99. The van der Waals surface area contributed by atoms with Crippen molar-refractivity contribution in [1.82, 2.24) is 15.2 Å². The highest BCUT2D eigenvalue weighted by Gasteiger charge is 2.30. The molecular formula is C19H17N5O4S. The van der Waals surface area contributed by atoms with Gasteiger partial charge in [-0.05, 0) is 18.6 Å². The summed E-state index contributed by atoms with van der Waals surface area (Å²) in [6.07, 6.45) is 0.0543. The molecule has 3 aromatic rings. The lowest BCUT2D eigenvalue weighted by molar-refractivity contribution is -0.386. The van der Waals surface area contributed by atoms with Crippen molar-refractivity contribution in [2.75, 3.05) is 11.1 Å². The predicted octanol–water partition coefficient (Wildman–Crippen LogP) is 4.16. The number of benzene rings is 2. The van der Waals surface area contributed by atoms with Crippen LogP contribution in [0.2, 0.25) is 0 Å². The highest BCUT2D eigenvalue weighted by Crippen LogP contribution is 2.42. The Kier molecular flexibility index (Phi) is 5.17. The normalized spacial score (nSPS) is 14.7. The zero-order valence-corrected chi connectivity index (χ0v) is 16.2. The third kappa shape index (κ3) is 3.66. The number of aromatic hydroxyl groups is 1. The number of anilines is 1. The van der Waals surface area contributed by atoms with Crippen molar-refractivity contribution in [2.45, 2.75) is 24.7 Å². The topological polar surface area (TPSA) is 123 Å². The van der Waals surface area contributed by atoms with Crippen molar-refractivity contribution in [3.05, 3.63) is 58.1 Å². The smallest absolute Gasteiger partial charge is 0.311 e. The Bertz CT molecular complexity index is 1080. The van der Waals surface area contributed by atoms with Gasteiger partial charge in [0.1, 0.15) is 0 Å². The van der Waals surface area contributed by atoms with E-state index in [1.807, 2.05) is 24.3 Å². The molecule has 1 aromatic heterocycles. The van der Waals surface area contributed by atoms with Crippen molar-refractivity contribution < 1.29 is 14.8 Å². The van der Waals surface area contributed by atoms with Crippen LogP contribution in [0, 0.1) is 10.1 Å². The molecule has 148 valence electrons. The van der Waals surface area contributed by atoms with Gasteiger partial charge in [-0.3, -0.25) is 10.1 Å². The summed E-state index contributed by atoms with van der Waals surface area (Å²) in [6, 6.07) is 11.7. The van der Waals surface area contributed by atoms with E-state index in [-0.39, 0.29) is 11.4 Å². The second-order valence-corrected chi connectivity index (χ2v) is 7.32. The Labute approximate surface area is 170 Å². The van der Waals surface area contributed by atoms with Crippen LogP contribution in [-0.4, -0.2) is 31.0 Å². The van der Waals surface area contributed by atoms with Crippen molar-refractivity contribution in [3.8, 4) is 22.9 Å². The van der Waals surface area contributed by atoms with Crippen LogP contribution in [-0.2, 0) is 0 Å². The second kappa shape index (κ2) is 7.92. The first-order chi connectivity index (χ1) is 14.1. The molecule has 0 bridgehead atoms. The largest absolute Gasteiger partial charge is 0.502 e. The molecule has 1 atom stereocenters. The summed E-state index contributed by atoms with van der Waals surface area (Å²) < 4.78 is 6.04. The Morgan fingerprint density at radius 1 is 1.24 bits per heavy atom. The van der Waals surface area contributed by atoms with E-state index in [0.29, 0.717) is 16.5 Å². The Balaban J connectivity index is 1.82. The molecule has 1 aliphatic heterocycles. The summed E-state index contributed by atoms with van der Waals surface area (Å²) in [5.41, 5.74) is 1.71.